The van der Waals surface area contributed by atoms with Crippen LogP contribution < -0.4 is 0 Å². The summed E-state index contributed by atoms with van der Waals surface area (Å²) in [6, 6.07) is 4.01. The van der Waals surface area contributed by atoms with Gasteiger partial charge in [-0.25, -0.2) is 4.39 Å². The van der Waals surface area contributed by atoms with E-state index in [2.05, 4.69) is 12.6 Å². The highest BCUT2D eigenvalue weighted by Gasteiger charge is 2.14. The quantitative estimate of drug-likeness (QED) is 0.788. The van der Waals surface area contributed by atoms with Crippen LogP contribution in [0.5, 0.6) is 0 Å². The number of thiol groups is 1. The minimum atomic E-state index is -0.454. The Morgan fingerprint density at radius 2 is 2.25 bits per heavy atom. The summed E-state index contributed by atoms with van der Waals surface area (Å²) in [6.07, 6.45) is 0. The molecule has 0 radical (unpaired) electrons. The van der Waals surface area contributed by atoms with E-state index in [0.717, 1.165) is 0 Å². The highest BCUT2D eigenvalue weighted by Crippen LogP contribution is 2.15. The van der Waals surface area contributed by atoms with Crippen LogP contribution in [0.3, 0.4) is 0 Å². The Bertz CT molecular complexity index is 384. The first-order valence-electron chi connectivity index (χ1n) is 4.98. The number of amides is 1. The molecule has 0 aliphatic carbocycles. The number of rotatable bonds is 4. The van der Waals surface area contributed by atoms with Crippen LogP contribution in [-0.2, 0) is 0 Å². The van der Waals surface area contributed by atoms with Gasteiger partial charge in [-0.3, -0.25) is 4.79 Å². The molecule has 0 unspecified atom stereocenters. The molecule has 88 valence electrons. The zero-order chi connectivity index (χ0) is 12.1. The Kier molecular flexibility index (Phi) is 4.76. The summed E-state index contributed by atoms with van der Waals surface area (Å²) in [6.45, 7) is 2.50. The molecule has 1 amide bonds. The molecule has 0 aliphatic rings. The number of likely N-dealkylation sites (N-methyl/N-ethyl adjacent to an activating group) is 1. The number of hydrogen-bond donors (Lipinski definition) is 2. The van der Waals surface area contributed by atoms with Gasteiger partial charge in [-0.05, 0) is 25.1 Å². The molecule has 0 fully saturated rings. The summed E-state index contributed by atoms with van der Waals surface area (Å²) in [5.74, 6) is -0.683. The van der Waals surface area contributed by atoms with E-state index >= 15 is 0 Å². The van der Waals surface area contributed by atoms with Crippen LogP contribution in [-0.4, -0.2) is 35.6 Å². The molecule has 0 saturated heterocycles. The third-order valence-electron chi connectivity index (χ3n) is 2.23. The zero-order valence-electron chi connectivity index (χ0n) is 8.98. The highest BCUT2D eigenvalue weighted by atomic mass is 32.1. The van der Waals surface area contributed by atoms with Crippen molar-refractivity contribution in [2.45, 2.75) is 11.8 Å². The van der Waals surface area contributed by atoms with Crippen LogP contribution in [0.15, 0.2) is 23.1 Å². The Morgan fingerprint density at radius 1 is 1.56 bits per heavy atom. The lowest BCUT2D eigenvalue weighted by molar-refractivity contribution is 0.0731. The van der Waals surface area contributed by atoms with Crippen molar-refractivity contribution in [1.29, 1.82) is 0 Å². The van der Waals surface area contributed by atoms with E-state index in [1.165, 1.54) is 23.1 Å². The SMILES string of the molecule is CCN(CCO)C(=O)c1ccc(F)c(S)c1. The first-order valence-corrected chi connectivity index (χ1v) is 5.43. The van der Waals surface area contributed by atoms with Crippen molar-refractivity contribution >= 4 is 18.5 Å². The van der Waals surface area contributed by atoms with E-state index in [-0.39, 0.29) is 24.0 Å². The van der Waals surface area contributed by atoms with Crippen molar-refractivity contribution in [3.05, 3.63) is 29.6 Å². The van der Waals surface area contributed by atoms with Crippen molar-refractivity contribution in [3.8, 4) is 0 Å². The summed E-state index contributed by atoms with van der Waals surface area (Å²) >= 11 is 3.92. The predicted octanol–water partition coefficient (Wildman–Crippen LogP) is 1.57. The second-order valence-electron chi connectivity index (χ2n) is 3.27. The number of nitrogens with zero attached hydrogens (tertiary/aromatic N) is 1. The third-order valence-corrected chi connectivity index (χ3v) is 2.57. The average Bonchev–Trinajstić information content (AvgIpc) is 2.28. The monoisotopic (exact) mass is 243 g/mol. The van der Waals surface area contributed by atoms with Crippen molar-refractivity contribution in [3.63, 3.8) is 0 Å². The third kappa shape index (κ3) is 2.96. The summed E-state index contributed by atoms with van der Waals surface area (Å²) in [5.41, 5.74) is 0.377. The molecule has 0 aromatic heterocycles. The fraction of sp³-hybridized carbons (Fsp3) is 0.364. The predicted molar refractivity (Wildman–Crippen MR) is 62.3 cm³/mol. The van der Waals surface area contributed by atoms with Gasteiger partial charge in [0.2, 0.25) is 0 Å². The molecule has 0 spiro atoms. The minimum absolute atomic E-state index is 0.0888. The summed E-state index contributed by atoms with van der Waals surface area (Å²) in [4.78, 5) is 13.5. The molecule has 1 rings (SSSR count). The van der Waals surface area contributed by atoms with Crippen LogP contribution in [0, 0.1) is 5.82 Å². The molecule has 1 N–H and O–H groups in total. The second-order valence-corrected chi connectivity index (χ2v) is 3.76. The van der Waals surface area contributed by atoms with E-state index < -0.39 is 5.82 Å². The fourth-order valence-electron chi connectivity index (χ4n) is 1.35. The van der Waals surface area contributed by atoms with Gasteiger partial charge in [-0.2, -0.15) is 0 Å². The largest absolute Gasteiger partial charge is 0.395 e. The first kappa shape index (κ1) is 13.0. The van der Waals surface area contributed by atoms with Gasteiger partial charge in [0.05, 0.1) is 6.61 Å². The second kappa shape index (κ2) is 5.86. The molecular formula is C11H14FNO2S. The maximum absolute atomic E-state index is 13.0. The molecule has 0 saturated carbocycles. The number of carbonyl (C=O) groups is 1. The van der Waals surface area contributed by atoms with Gasteiger partial charge in [-0.15, -0.1) is 12.6 Å². The number of aliphatic hydroxyl groups excluding tert-OH is 1. The Balaban J connectivity index is 2.90. The average molecular weight is 243 g/mol. The van der Waals surface area contributed by atoms with Gasteiger partial charge >= 0.3 is 0 Å². The van der Waals surface area contributed by atoms with Gasteiger partial charge in [-0.1, -0.05) is 0 Å². The molecule has 1 aromatic carbocycles. The van der Waals surface area contributed by atoms with E-state index in [4.69, 9.17) is 5.11 Å². The van der Waals surface area contributed by atoms with E-state index in [1.54, 1.807) is 0 Å². The number of aliphatic hydroxyl groups is 1. The van der Waals surface area contributed by atoms with Crippen molar-refractivity contribution in [2.24, 2.45) is 0 Å². The lowest BCUT2D eigenvalue weighted by atomic mass is 10.2. The van der Waals surface area contributed by atoms with E-state index in [0.29, 0.717) is 12.1 Å². The van der Waals surface area contributed by atoms with Gasteiger partial charge < -0.3 is 10.0 Å². The first-order chi connectivity index (χ1) is 7.60. The van der Waals surface area contributed by atoms with Crippen LogP contribution in [0.2, 0.25) is 0 Å². The minimum Gasteiger partial charge on any atom is -0.395 e. The topological polar surface area (TPSA) is 40.5 Å². The summed E-state index contributed by atoms with van der Waals surface area (Å²) in [5, 5.41) is 8.79. The van der Waals surface area contributed by atoms with Crippen molar-refractivity contribution in [2.75, 3.05) is 19.7 Å². The van der Waals surface area contributed by atoms with E-state index in [9.17, 15) is 9.18 Å². The molecular weight excluding hydrogens is 229 g/mol. The maximum Gasteiger partial charge on any atom is 0.253 e. The molecule has 1 aromatic rings. The highest BCUT2D eigenvalue weighted by molar-refractivity contribution is 7.80. The zero-order valence-corrected chi connectivity index (χ0v) is 9.88. The molecule has 3 nitrogen and oxygen atoms in total. The standard InChI is InChI=1S/C11H14FNO2S/c1-2-13(5-6-14)11(15)8-3-4-9(12)10(16)7-8/h3-4,7,14,16H,2,5-6H2,1H3. The fourth-order valence-corrected chi connectivity index (χ4v) is 1.57. The van der Waals surface area contributed by atoms with Crippen molar-refractivity contribution in [1.82, 2.24) is 4.90 Å². The molecule has 0 heterocycles. The van der Waals surface area contributed by atoms with Crippen LogP contribution >= 0.6 is 12.6 Å². The van der Waals surface area contributed by atoms with Gasteiger partial charge in [0.15, 0.2) is 0 Å². The summed E-state index contributed by atoms with van der Waals surface area (Å²) < 4.78 is 13.0. The number of hydrogen-bond acceptors (Lipinski definition) is 3. The molecule has 16 heavy (non-hydrogen) atoms. The lowest BCUT2D eigenvalue weighted by Gasteiger charge is -2.19. The normalized spacial score (nSPS) is 10.2. The molecule has 0 aliphatic heterocycles. The van der Waals surface area contributed by atoms with Crippen LogP contribution in [0.25, 0.3) is 0 Å². The lowest BCUT2D eigenvalue weighted by Crippen LogP contribution is -2.33. The molecule has 5 heteroatoms. The van der Waals surface area contributed by atoms with Crippen molar-refractivity contribution < 1.29 is 14.3 Å². The molecule has 0 bridgehead atoms. The van der Waals surface area contributed by atoms with E-state index in [1.807, 2.05) is 6.92 Å². The summed E-state index contributed by atoms with van der Waals surface area (Å²) in [7, 11) is 0. The number of halogens is 1. The Labute approximate surface area is 99.3 Å². The van der Waals surface area contributed by atoms with Gasteiger partial charge in [0.1, 0.15) is 5.82 Å². The smallest absolute Gasteiger partial charge is 0.253 e. The number of carbonyl (C=O) groups excluding carboxylic acids is 1. The Hall–Kier alpha value is -1.07. The maximum atomic E-state index is 13.0. The molecule has 0 atom stereocenters. The van der Waals surface area contributed by atoms with Crippen LogP contribution in [0.1, 0.15) is 17.3 Å². The van der Waals surface area contributed by atoms with Gasteiger partial charge in [0, 0.05) is 23.5 Å². The van der Waals surface area contributed by atoms with Crippen LogP contribution in [0.4, 0.5) is 4.39 Å². The van der Waals surface area contributed by atoms with Gasteiger partial charge in [0.25, 0.3) is 5.91 Å². The Morgan fingerprint density at radius 3 is 2.75 bits per heavy atom. The number of benzene rings is 1.